The molecule has 3 aromatic rings. The summed E-state index contributed by atoms with van der Waals surface area (Å²) < 4.78 is 11.0. The number of nitrogens with one attached hydrogen (secondary N) is 1. The third-order valence-electron chi connectivity index (χ3n) is 10.4. The summed E-state index contributed by atoms with van der Waals surface area (Å²) in [5, 5.41) is 26.9. The molecule has 216 valence electrons. The number of pyridine rings is 1. The largest absolute Gasteiger partial charge is 0.497 e. The first-order valence-corrected chi connectivity index (χ1v) is 14.5. The van der Waals surface area contributed by atoms with Gasteiger partial charge in [0.15, 0.2) is 0 Å². The lowest BCUT2D eigenvalue weighted by atomic mass is 9.82. The highest BCUT2D eigenvalue weighted by atomic mass is 16.5. The number of carbonyl (C=O) groups excluding carboxylic acids is 1. The highest BCUT2D eigenvalue weighted by Crippen LogP contribution is 2.73. The average Bonchev–Trinajstić information content (AvgIpc) is 3.40. The van der Waals surface area contributed by atoms with Crippen molar-refractivity contribution in [2.45, 2.75) is 67.0 Å². The molecule has 4 aliphatic rings. The Morgan fingerprint density at radius 2 is 1.95 bits per heavy atom. The number of hydrogen-bond acceptors (Lipinski definition) is 8. The number of hydrogen-bond donors (Lipinski definition) is 4. The van der Waals surface area contributed by atoms with Crippen molar-refractivity contribution in [3.63, 3.8) is 0 Å². The fourth-order valence-electron chi connectivity index (χ4n) is 8.46. The van der Waals surface area contributed by atoms with E-state index in [9.17, 15) is 15.0 Å². The molecular weight excluding hydrogens is 520 g/mol. The molecular formula is C32H38N4O5. The molecule has 1 amide bonds. The van der Waals surface area contributed by atoms with Crippen molar-refractivity contribution >= 4 is 16.8 Å². The minimum Gasteiger partial charge on any atom is -0.497 e. The molecule has 5 N–H and O–H groups in total. The second-order valence-corrected chi connectivity index (χ2v) is 12.4. The standard InChI is InChI=1S/C32H38N4O5/c1-40-16-22(27(37)28(38)23(33)12-18-6-4-3-5-7-18)25-10-11-31-17-32(31)26(15-36(25)31)35-30(39)21-14-19-13-20(41-2)8-9-24(19)34-29(21)32/h3-9,13-14,22-23,25-28,37-38H,10-12,15-17,33H2,1-2H3,(H,35,39)/t22?,23-,25?,26+,27-,28+,31?,32-/m1/s1. The second kappa shape index (κ2) is 9.74. The zero-order chi connectivity index (χ0) is 28.5. The molecule has 7 rings (SSSR count). The van der Waals surface area contributed by atoms with Crippen LogP contribution in [0.2, 0.25) is 0 Å². The van der Waals surface area contributed by atoms with E-state index >= 15 is 0 Å². The first kappa shape index (κ1) is 26.8. The smallest absolute Gasteiger partial charge is 0.253 e. The maximum atomic E-state index is 13.3. The van der Waals surface area contributed by atoms with Gasteiger partial charge in [0, 0.05) is 42.6 Å². The predicted molar refractivity (Wildman–Crippen MR) is 154 cm³/mol. The Labute approximate surface area is 239 Å². The first-order chi connectivity index (χ1) is 19.8. The van der Waals surface area contributed by atoms with Gasteiger partial charge in [-0.15, -0.1) is 0 Å². The van der Waals surface area contributed by atoms with Crippen LogP contribution in [-0.2, 0) is 16.6 Å². The molecule has 0 radical (unpaired) electrons. The maximum Gasteiger partial charge on any atom is 0.253 e. The van der Waals surface area contributed by atoms with Gasteiger partial charge in [0.05, 0.1) is 54.2 Å². The highest BCUT2D eigenvalue weighted by Gasteiger charge is 2.83. The monoisotopic (exact) mass is 558 g/mol. The number of methoxy groups -OCH3 is 2. The van der Waals surface area contributed by atoms with Gasteiger partial charge in [0.25, 0.3) is 5.91 Å². The summed E-state index contributed by atoms with van der Waals surface area (Å²) in [6.07, 6.45) is 1.03. The average molecular weight is 559 g/mol. The van der Waals surface area contributed by atoms with Crippen molar-refractivity contribution < 1.29 is 24.5 Å². The van der Waals surface area contributed by atoms with Gasteiger partial charge >= 0.3 is 0 Å². The molecule has 9 heteroatoms. The Kier molecular flexibility index (Phi) is 6.37. The number of carbonyl (C=O) groups is 1. The van der Waals surface area contributed by atoms with Crippen molar-refractivity contribution in [3.8, 4) is 5.75 Å². The summed E-state index contributed by atoms with van der Waals surface area (Å²) in [6, 6.07) is 16.8. The number of rotatable bonds is 9. The lowest BCUT2D eigenvalue weighted by Crippen LogP contribution is -2.54. The molecule has 3 fully saturated rings. The number of aliphatic hydroxyl groups is 2. The first-order valence-electron chi connectivity index (χ1n) is 14.5. The SMILES string of the molecule is COCC(C1CCC23C[C@@]24c2nc5ccc(OC)cc5cc2C(=O)N[C@H]4CN13)[C@@H](O)[C@@H](O)[C@H](N)Cc1ccccc1. The van der Waals surface area contributed by atoms with Crippen LogP contribution in [0.15, 0.2) is 54.6 Å². The molecule has 9 nitrogen and oxygen atoms in total. The van der Waals surface area contributed by atoms with Crippen molar-refractivity contribution in [2.24, 2.45) is 11.7 Å². The van der Waals surface area contributed by atoms with Crippen LogP contribution in [0.1, 0.15) is 40.9 Å². The predicted octanol–water partition coefficient (Wildman–Crippen LogP) is 1.77. The number of aliphatic hydroxyl groups excluding tert-OH is 2. The Bertz CT molecular complexity index is 1490. The summed E-state index contributed by atoms with van der Waals surface area (Å²) in [4.78, 5) is 20.9. The van der Waals surface area contributed by atoms with Gasteiger partial charge in [-0.25, -0.2) is 0 Å². The summed E-state index contributed by atoms with van der Waals surface area (Å²) in [5.74, 6) is 0.304. The Morgan fingerprint density at radius 3 is 2.71 bits per heavy atom. The molecule has 1 aromatic heterocycles. The summed E-state index contributed by atoms with van der Waals surface area (Å²) in [7, 11) is 3.26. The Hall–Kier alpha value is -3.08. The normalized spacial score (nSPS) is 30.9. The maximum absolute atomic E-state index is 13.3. The number of ether oxygens (including phenoxy) is 2. The molecule has 2 aromatic carbocycles. The fraction of sp³-hybridized carbons (Fsp3) is 0.500. The van der Waals surface area contributed by atoms with Crippen LogP contribution in [0.25, 0.3) is 10.9 Å². The van der Waals surface area contributed by atoms with Gasteiger partial charge in [0.2, 0.25) is 0 Å². The summed E-state index contributed by atoms with van der Waals surface area (Å²) in [6.45, 7) is 0.982. The quantitative estimate of drug-likeness (QED) is 0.313. The van der Waals surface area contributed by atoms with E-state index in [4.69, 9.17) is 20.2 Å². The van der Waals surface area contributed by atoms with E-state index in [2.05, 4.69) is 10.2 Å². The number of amides is 1. The van der Waals surface area contributed by atoms with Crippen LogP contribution in [0, 0.1) is 5.92 Å². The molecule has 41 heavy (non-hydrogen) atoms. The number of benzene rings is 2. The van der Waals surface area contributed by atoms with E-state index in [1.807, 2.05) is 54.6 Å². The molecule has 3 aliphatic heterocycles. The molecule has 4 heterocycles. The van der Waals surface area contributed by atoms with Gasteiger partial charge in [0.1, 0.15) is 5.75 Å². The summed E-state index contributed by atoms with van der Waals surface area (Å²) in [5.41, 5.74) is 9.42. The van der Waals surface area contributed by atoms with Crippen LogP contribution < -0.4 is 15.8 Å². The number of aromatic nitrogens is 1. The van der Waals surface area contributed by atoms with Gasteiger partial charge in [-0.3, -0.25) is 14.7 Å². The molecule has 2 saturated heterocycles. The topological polar surface area (TPSA) is 130 Å². The number of nitrogens with zero attached hydrogens (tertiary/aromatic N) is 2. The van der Waals surface area contributed by atoms with Crippen molar-refractivity contribution in [3.05, 3.63) is 71.4 Å². The van der Waals surface area contributed by atoms with Gasteiger partial charge in [-0.2, -0.15) is 0 Å². The van der Waals surface area contributed by atoms with Gasteiger partial charge in [-0.1, -0.05) is 30.3 Å². The van der Waals surface area contributed by atoms with Crippen LogP contribution in [0.5, 0.6) is 5.75 Å². The molecule has 1 saturated carbocycles. The molecule has 0 bridgehead atoms. The van der Waals surface area contributed by atoms with Crippen molar-refractivity contribution in [1.82, 2.24) is 15.2 Å². The Morgan fingerprint density at radius 1 is 1.15 bits per heavy atom. The van der Waals surface area contributed by atoms with Crippen molar-refractivity contribution in [1.29, 1.82) is 0 Å². The number of nitrogens with two attached hydrogens (primary N) is 1. The minimum atomic E-state index is -1.10. The fourth-order valence-corrected chi connectivity index (χ4v) is 8.46. The van der Waals surface area contributed by atoms with Crippen LogP contribution in [-0.4, -0.2) is 89.2 Å². The van der Waals surface area contributed by atoms with E-state index in [0.717, 1.165) is 47.2 Å². The van der Waals surface area contributed by atoms with E-state index in [-0.39, 0.29) is 34.9 Å². The van der Waals surface area contributed by atoms with Crippen LogP contribution >= 0.6 is 0 Å². The van der Waals surface area contributed by atoms with E-state index < -0.39 is 18.2 Å². The third kappa shape index (κ3) is 3.87. The zero-order valence-corrected chi connectivity index (χ0v) is 23.5. The van der Waals surface area contributed by atoms with E-state index in [0.29, 0.717) is 25.1 Å². The lowest BCUT2D eigenvalue weighted by Gasteiger charge is -2.38. The molecule has 3 unspecified atom stereocenters. The molecule has 2 spiro atoms. The minimum absolute atomic E-state index is 0.0152. The lowest BCUT2D eigenvalue weighted by molar-refractivity contribution is -0.0716. The third-order valence-corrected chi connectivity index (χ3v) is 10.4. The van der Waals surface area contributed by atoms with Crippen LogP contribution in [0.4, 0.5) is 0 Å². The molecule has 8 atom stereocenters. The molecule has 1 aliphatic carbocycles. The number of fused-ring (bicyclic) bond motifs is 2. The van der Waals surface area contributed by atoms with Gasteiger partial charge < -0.3 is 30.7 Å². The Balaban J connectivity index is 1.18. The second-order valence-electron chi connectivity index (χ2n) is 12.4. The van der Waals surface area contributed by atoms with E-state index in [1.54, 1.807) is 14.2 Å². The highest BCUT2D eigenvalue weighted by molar-refractivity contribution is 6.01. The summed E-state index contributed by atoms with van der Waals surface area (Å²) >= 11 is 0. The number of piperidine rings is 1. The zero-order valence-electron chi connectivity index (χ0n) is 23.5. The van der Waals surface area contributed by atoms with Crippen molar-refractivity contribution in [2.75, 3.05) is 27.4 Å². The van der Waals surface area contributed by atoms with Crippen LogP contribution in [0.3, 0.4) is 0 Å². The van der Waals surface area contributed by atoms with E-state index in [1.165, 1.54) is 0 Å². The van der Waals surface area contributed by atoms with Gasteiger partial charge in [-0.05, 0) is 55.5 Å².